The number of hydrogen-bond acceptors (Lipinski definition) is 5. The molecule has 0 unspecified atom stereocenters. The predicted octanol–water partition coefficient (Wildman–Crippen LogP) is -0.190. The van der Waals surface area contributed by atoms with Crippen molar-refractivity contribution in [2.45, 2.75) is 55.6 Å². The Labute approximate surface area is 161 Å². The van der Waals surface area contributed by atoms with Gasteiger partial charge in [-0.1, -0.05) is 0 Å². The first-order valence-electron chi connectivity index (χ1n) is 9.17. The summed E-state index contributed by atoms with van der Waals surface area (Å²) >= 11 is 0. The van der Waals surface area contributed by atoms with Crippen molar-refractivity contribution in [1.82, 2.24) is 19.2 Å². The van der Waals surface area contributed by atoms with Crippen LogP contribution in [-0.4, -0.2) is 35.0 Å². The van der Waals surface area contributed by atoms with Gasteiger partial charge in [-0.2, -0.15) is 0 Å². The van der Waals surface area contributed by atoms with E-state index < -0.39 is 26.8 Å². The van der Waals surface area contributed by atoms with Gasteiger partial charge in [-0.15, -0.1) is 0 Å². The summed E-state index contributed by atoms with van der Waals surface area (Å²) in [5, 5.41) is 2.89. The molecule has 1 saturated heterocycles. The van der Waals surface area contributed by atoms with Gasteiger partial charge in [0.05, 0.1) is 22.3 Å². The van der Waals surface area contributed by atoms with Crippen molar-refractivity contribution in [3.05, 3.63) is 39.0 Å². The second-order valence-electron chi connectivity index (χ2n) is 7.91. The first-order valence-corrected chi connectivity index (χ1v) is 10.6. The Morgan fingerprint density at radius 3 is 2.57 bits per heavy atom. The molecule has 1 aromatic carbocycles. The van der Waals surface area contributed by atoms with E-state index in [1.54, 1.807) is 0 Å². The molecule has 10 heteroatoms. The number of benzene rings is 1. The van der Waals surface area contributed by atoms with E-state index in [1.807, 2.05) is 6.92 Å². The Kier molecular flexibility index (Phi) is 4.23. The summed E-state index contributed by atoms with van der Waals surface area (Å²) in [7, 11) is -2.24. The van der Waals surface area contributed by atoms with Crippen molar-refractivity contribution in [3.63, 3.8) is 0 Å². The van der Waals surface area contributed by atoms with Gasteiger partial charge in [0.1, 0.15) is 0 Å². The van der Waals surface area contributed by atoms with Gasteiger partial charge in [0.2, 0.25) is 15.9 Å². The molecule has 1 aromatic heterocycles. The maximum atomic E-state index is 13.0. The number of nitrogens with one attached hydrogen (secondary N) is 2. The Morgan fingerprint density at radius 2 is 1.96 bits per heavy atom. The molecule has 0 radical (unpaired) electrons. The van der Waals surface area contributed by atoms with Crippen LogP contribution in [0.2, 0.25) is 0 Å². The van der Waals surface area contributed by atoms with Gasteiger partial charge in [-0.05, 0) is 44.4 Å². The minimum Gasteiger partial charge on any atom is -0.352 e. The van der Waals surface area contributed by atoms with Crippen molar-refractivity contribution >= 4 is 26.8 Å². The fourth-order valence-electron chi connectivity index (χ4n) is 3.53. The molecule has 9 nitrogen and oxygen atoms in total. The molecular weight excluding hydrogens is 384 g/mol. The molecule has 2 fully saturated rings. The topological polar surface area (TPSA) is 119 Å². The van der Waals surface area contributed by atoms with E-state index in [9.17, 15) is 22.8 Å². The molecule has 2 heterocycles. The molecule has 0 bridgehead atoms. The summed E-state index contributed by atoms with van der Waals surface area (Å²) in [6, 6.07) is 3.90. The van der Waals surface area contributed by atoms with E-state index in [2.05, 4.69) is 10.0 Å². The van der Waals surface area contributed by atoms with E-state index in [4.69, 9.17) is 0 Å². The largest absolute Gasteiger partial charge is 0.352 e. The maximum Gasteiger partial charge on any atom is 0.331 e. The van der Waals surface area contributed by atoms with Gasteiger partial charge < -0.3 is 5.32 Å². The van der Waals surface area contributed by atoms with Crippen LogP contribution >= 0.6 is 0 Å². The molecule has 1 amide bonds. The van der Waals surface area contributed by atoms with Crippen LogP contribution in [0, 0.1) is 0 Å². The number of amides is 1. The van der Waals surface area contributed by atoms with Crippen molar-refractivity contribution in [2.75, 3.05) is 0 Å². The van der Waals surface area contributed by atoms with Crippen LogP contribution in [0.5, 0.6) is 0 Å². The number of nitrogens with zero attached hydrogens (tertiary/aromatic N) is 2. The Balaban J connectivity index is 1.80. The molecule has 2 aromatic rings. The lowest BCUT2D eigenvalue weighted by atomic mass is 10.2. The summed E-state index contributed by atoms with van der Waals surface area (Å²) < 4.78 is 30.4. The molecule has 2 aliphatic rings. The number of aromatic nitrogens is 2. The monoisotopic (exact) mass is 406 g/mol. The summed E-state index contributed by atoms with van der Waals surface area (Å²) in [6.07, 6.45) is 2.45. The number of sulfonamides is 1. The summed E-state index contributed by atoms with van der Waals surface area (Å²) in [4.78, 5) is 37.0. The van der Waals surface area contributed by atoms with Crippen molar-refractivity contribution < 1.29 is 13.2 Å². The molecule has 28 heavy (non-hydrogen) atoms. The average Bonchev–Trinajstić information content (AvgIpc) is 3.20. The van der Waals surface area contributed by atoms with Crippen molar-refractivity contribution in [2.24, 2.45) is 7.05 Å². The van der Waals surface area contributed by atoms with Gasteiger partial charge in [0.15, 0.2) is 0 Å². The fourth-order valence-corrected chi connectivity index (χ4v) is 5.02. The molecule has 1 aliphatic carbocycles. The zero-order valence-electron chi connectivity index (χ0n) is 15.7. The van der Waals surface area contributed by atoms with Crippen molar-refractivity contribution in [3.8, 4) is 0 Å². The number of carbonyl (C=O) groups excluding carboxylic acids is 1. The normalized spacial score (nSPS) is 21.1. The molecule has 1 aliphatic heterocycles. The second-order valence-corrected chi connectivity index (χ2v) is 9.59. The second kappa shape index (κ2) is 6.28. The molecular formula is C18H22N4O5S. The van der Waals surface area contributed by atoms with Gasteiger partial charge in [-0.25, -0.2) is 17.9 Å². The van der Waals surface area contributed by atoms with Crippen LogP contribution in [0.4, 0.5) is 0 Å². The molecule has 0 spiro atoms. The lowest BCUT2D eigenvalue weighted by Gasteiger charge is -2.16. The van der Waals surface area contributed by atoms with Gasteiger partial charge >= 0.3 is 5.69 Å². The number of fused-ring (bicyclic) bond motifs is 1. The summed E-state index contributed by atoms with van der Waals surface area (Å²) in [5.74, 6) is -0.108. The molecule has 2 N–H and O–H groups in total. The molecule has 150 valence electrons. The molecule has 4 rings (SSSR count). The molecule has 1 atom stereocenters. The minimum atomic E-state index is -3.77. The lowest BCUT2D eigenvalue weighted by Crippen LogP contribution is -2.44. The highest BCUT2D eigenvalue weighted by Crippen LogP contribution is 2.36. The van der Waals surface area contributed by atoms with Crippen LogP contribution in [0.3, 0.4) is 0 Å². The van der Waals surface area contributed by atoms with E-state index in [-0.39, 0.29) is 28.8 Å². The van der Waals surface area contributed by atoms with Crippen molar-refractivity contribution in [1.29, 1.82) is 0 Å². The third kappa shape index (κ3) is 3.26. The Hall–Kier alpha value is -2.46. The third-order valence-electron chi connectivity index (χ3n) is 5.50. The van der Waals surface area contributed by atoms with E-state index >= 15 is 0 Å². The third-order valence-corrected chi connectivity index (χ3v) is 7.14. The van der Waals surface area contributed by atoms with Gasteiger partial charge in [-0.3, -0.25) is 18.7 Å². The van der Waals surface area contributed by atoms with E-state index in [1.165, 1.54) is 29.8 Å². The minimum absolute atomic E-state index is 0.00964. The highest BCUT2D eigenvalue weighted by atomic mass is 32.2. The maximum absolute atomic E-state index is 13.0. The smallest absolute Gasteiger partial charge is 0.331 e. The summed E-state index contributed by atoms with van der Waals surface area (Å²) in [5.41, 5.74) is -1.14. The van der Waals surface area contributed by atoms with E-state index in [0.717, 1.165) is 17.4 Å². The molecule has 1 saturated carbocycles. The average molecular weight is 406 g/mol. The first-order chi connectivity index (χ1) is 13.1. The number of rotatable bonds is 5. The van der Waals surface area contributed by atoms with Crippen LogP contribution < -0.4 is 21.3 Å². The van der Waals surface area contributed by atoms with Gasteiger partial charge in [0.25, 0.3) is 5.56 Å². The SMILES string of the molecule is Cn1c(=O)n(C[C@@H]2CCC(=O)N2)c(=O)c2cc(S(=O)(=O)NC3(C)CC3)ccc21. The zero-order valence-corrected chi connectivity index (χ0v) is 16.5. The van der Waals surface area contributed by atoms with Crippen LogP contribution in [0.15, 0.2) is 32.7 Å². The summed E-state index contributed by atoms with van der Waals surface area (Å²) in [6.45, 7) is 1.89. The van der Waals surface area contributed by atoms with Gasteiger partial charge in [0, 0.05) is 25.0 Å². The highest BCUT2D eigenvalue weighted by molar-refractivity contribution is 7.89. The Morgan fingerprint density at radius 1 is 1.25 bits per heavy atom. The van der Waals surface area contributed by atoms with Crippen LogP contribution in [0.25, 0.3) is 10.9 Å². The lowest BCUT2D eigenvalue weighted by molar-refractivity contribution is -0.119. The standard InChI is InChI=1S/C18H22N4O5S/c1-18(7-8-18)20-28(26,27)12-4-5-14-13(9-12)16(24)22(17(25)21(14)2)10-11-3-6-15(23)19-11/h4-5,9,11,20H,3,6-8,10H2,1-2H3,(H,19,23)/t11-/m0/s1. The highest BCUT2D eigenvalue weighted by Gasteiger charge is 2.41. The van der Waals surface area contributed by atoms with Crippen LogP contribution in [0.1, 0.15) is 32.6 Å². The van der Waals surface area contributed by atoms with E-state index in [0.29, 0.717) is 18.4 Å². The quantitative estimate of drug-likeness (QED) is 0.713. The predicted molar refractivity (Wildman–Crippen MR) is 103 cm³/mol. The number of carbonyl (C=O) groups is 1. The number of hydrogen-bond donors (Lipinski definition) is 2. The Bertz CT molecular complexity index is 1210. The van der Waals surface area contributed by atoms with Crippen LogP contribution in [-0.2, 0) is 28.4 Å². The number of aryl methyl sites for hydroxylation is 1. The zero-order chi connectivity index (χ0) is 20.3. The first kappa shape index (κ1) is 18.9. The fraction of sp³-hybridized carbons (Fsp3) is 0.500.